The normalized spacial score (nSPS) is 41.4. The van der Waals surface area contributed by atoms with E-state index in [4.69, 9.17) is 4.74 Å². The molecule has 52 heavy (non-hydrogen) atoms. The molecular formula is C44H62FNO6. The molecule has 0 aliphatic heterocycles. The Kier molecular flexibility index (Phi) is 8.86. The van der Waals surface area contributed by atoms with Crippen LogP contribution in [0.4, 0.5) is 4.39 Å². The highest BCUT2D eigenvalue weighted by atomic mass is 19.1. The predicted octanol–water partition coefficient (Wildman–Crippen LogP) is 8.42. The van der Waals surface area contributed by atoms with Gasteiger partial charge in [-0.3, -0.25) is 14.4 Å². The number of nitrogens with one attached hydrogen (secondary N) is 1. The number of rotatable bonds is 10. The van der Waals surface area contributed by atoms with Crippen LogP contribution in [-0.4, -0.2) is 46.7 Å². The lowest BCUT2D eigenvalue weighted by molar-refractivity contribution is -0.220. The Morgan fingerprint density at radius 3 is 2.27 bits per heavy atom. The number of carboxylic acid groups (broad SMARTS) is 1. The van der Waals surface area contributed by atoms with Gasteiger partial charge in [0.1, 0.15) is 11.9 Å². The van der Waals surface area contributed by atoms with Crippen LogP contribution in [0.2, 0.25) is 0 Å². The number of Topliss-reactive ketones (excluding diaryl/α,β-unsaturated/α-hetero) is 1. The van der Waals surface area contributed by atoms with Crippen LogP contribution in [-0.2, 0) is 25.7 Å². The maximum atomic E-state index is 14.0. The van der Waals surface area contributed by atoms with Gasteiger partial charge in [0.15, 0.2) is 5.78 Å². The van der Waals surface area contributed by atoms with Crippen molar-refractivity contribution in [3.8, 4) is 0 Å². The molecule has 10 atom stereocenters. The van der Waals surface area contributed by atoms with Crippen molar-refractivity contribution in [2.45, 2.75) is 145 Å². The molecule has 1 spiro atoms. The first-order chi connectivity index (χ1) is 24.2. The summed E-state index contributed by atoms with van der Waals surface area (Å²) in [6.07, 6.45) is 8.24. The smallest absolute Gasteiger partial charge is 0.309 e. The van der Waals surface area contributed by atoms with Gasteiger partial charge >= 0.3 is 11.9 Å². The number of allylic oxidation sites excluding steroid dienone is 1. The predicted molar refractivity (Wildman–Crippen MR) is 197 cm³/mol. The van der Waals surface area contributed by atoms with Crippen LogP contribution in [0.3, 0.4) is 0 Å². The van der Waals surface area contributed by atoms with E-state index in [1.54, 1.807) is 26.0 Å². The van der Waals surface area contributed by atoms with Crippen LogP contribution in [0.15, 0.2) is 35.4 Å². The number of carboxylic acids is 1. The van der Waals surface area contributed by atoms with Gasteiger partial charge < -0.3 is 20.3 Å². The molecule has 7 nitrogen and oxygen atoms in total. The van der Waals surface area contributed by atoms with Gasteiger partial charge in [-0.2, -0.15) is 0 Å². The van der Waals surface area contributed by atoms with Crippen molar-refractivity contribution < 1.29 is 33.7 Å². The minimum absolute atomic E-state index is 0.0254. The summed E-state index contributed by atoms with van der Waals surface area (Å²) >= 11 is 0. The van der Waals surface area contributed by atoms with Gasteiger partial charge in [-0.1, -0.05) is 59.2 Å². The Hall–Kier alpha value is -2.58. The monoisotopic (exact) mass is 719 g/mol. The Morgan fingerprint density at radius 2 is 1.62 bits per heavy atom. The molecule has 5 fully saturated rings. The first kappa shape index (κ1) is 37.7. The summed E-state index contributed by atoms with van der Waals surface area (Å²) < 4.78 is 19.7. The molecule has 0 bridgehead atoms. The summed E-state index contributed by atoms with van der Waals surface area (Å²) in [7, 11) is 0. The van der Waals surface area contributed by atoms with Crippen molar-refractivity contribution in [3.05, 3.63) is 46.8 Å². The molecule has 3 N–H and O–H groups in total. The first-order valence-electron chi connectivity index (χ1n) is 20.1. The second-order valence-corrected chi connectivity index (χ2v) is 20.0. The average molecular weight is 720 g/mol. The molecule has 286 valence electrons. The van der Waals surface area contributed by atoms with E-state index in [1.807, 2.05) is 0 Å². The largest absolute Gasteiger partial charge is 0.481 e. The van der Waals surface area contributed by atoms with E-state index in [-0.39, 0.29) is 63.0 Å². The van der Waals surface area contributed by atoms with E-state index in [0.717, 1.165) is 68.9 Å². The average Bonchev–Trinajstić information content (AvgIpc) is 3.59. The Labute approximate surface area is 309 Å². The number of hydrogen-bond acceptors (Lipinski definition) is 6. The molecule has 5 saturated carbocycles. The molecule has 0 saturated heterocycles. The minimum atomic E-state index is -1.16. The number of ketones is 1. The third kappa shape index (κ3) is 5.11. The van der Waals surface area contributed by atoms with E-state index in [1.165, 1.54) is 17.7 Å². The van der Waals surface area contributed by atoms with E-state index >= 15 is 0 Å². The molecule has 0 heterocycles. The molecule has 1 aromatic carbocycles. The lowest BCUT2D eigenvalue weighted by Crippen LogP contribution is -2.65. The Bertz CT molecular complexity index is 1680. The van der Waals surface area contributed by atoms with E-state index < -0.39 is 28.9 Å². The topological polar surface area (TPSA) is 113 Å². The van der Waals surface area contributed by atoms with Crippen LogP contribution in [0.5, 0.6) is 0 Å². The SMILES string of the molecule is CC(C)C1=C2[C@H]3CC[C@@H]4[C@@]5(C)CC[C@H](OC(=O)CC(C)(C)C(=O)O)C6(C)C[C@]65CC[C@@]4(C)[C@]3(C)CC[C@@]2([C@H](O)CNCc2ccc(F)cc2)CC1=O. The maximum absolute atomic E-state index is 14.0. The molecule has 0 aromatic heterocycles. The molecule has 0 radical (unpaired) electrons. The molecule has 1 aromatic rings. The molecule has 6 aliphatic rings. The standard InChI is InChI=1S/C44H62FNO6/c1-26(2)35-30(47)21-43(32(48)24-46-23-27-9-11-28(45)12-10-27)19-17-39(5)29(36(35)43)13-14-31-40(39,6)18-20-44-25-42(44,8)33(15-16-41(31,44)7)52-34(49)22-38(3,4)37(50)51/h9-12,26,29,31-33,46,48H,13-25H2,1-8H3,(H,50,51)/t29-,31+,32-,33+,39-,40-,41-,42?,43+,44+/m1/s1. The van der Waals surface area contributed by atoms with Crippen LogP contribution in [0.25, 0.3) is 0 Å². The lowest BCUT2D eigenvalue weighted by Gasteiger charge is -2.71. The Balaban J connectivity index is 1.14. The number of carbonyl (C=O) groups excluding carboxylic acids is 2. The van der Waals surface area contributed by atoms with Crippen molar-refractivity contribution in [2.75, 3.05) is 6.54 Å². The van der Waals surface area contributed by atoms with Crippen molar-refractivity contribution >= 4 is 17.7 Å². The summed E-state index contributed by atoms with van der Waals surface area (Å²) in [6.45, 7) is 18.3. The van der Waals surface area contributed by atoms with Gasteiger partial charge in [-0.15, -0.1) is 0 Å². The molecule has 6 aliphatic carbocycles. The fourth-order valence-electron chi connectivity index (χ4n) is 13.9. The zero-order valence-corrected chi connectivity index (χ0v) is 32.8. The number of benzene rings is 1. The van der Waals surface area contributed by atoms with E-state index in [2.05, 4.69) is 46.9 Å². The van der Waals surface area contributed by atoms with Gasteiger partial charge in [0.05, 0.1) is 17.9 Å². The number of halogens is 1. The fourth-order valence-corrected chi connectivity index (χ4v) is 13.9. The maximum Gasteiger partial charge on any atom is 0.309 e. The van der Waals surface area contributed by atoms with E-state index in [9.17, 15) is 29.0 Å². The number of ether oxygens (including phenoxy) is 1. The second-order valence-electron chi connectivity index (χ2n) is 20.0. The van der Waals surface area contributed by atoms with Crippen LogP contribution in [0, 0.1) is 61.5 Å². The highest BCUT2D eigenvalue weighted by Gasteiger charge is 2.82. The van der Waals surface area contributed by atoms with Gasteiger partial charge in [-0.05, 0) is 134 Å². The highest BCUT2D eigenvalue weighted by molar-refractivity contribution is 6.00. The second kappa shape index (κ2) is 12.2. The number of aliphatic hydroxyl groups excluding tert-OH is 1. The number of aliphatic carboxylic acids is 1. The summed E-state index contributed by atoms with van der Waals surface area (Å²) in [5.41, 5.74) is 1.56. The first-order valence-corrected chi connectivity index (χ1v) is 20.1. The quantitative estimate of drug-likeness (QED) is 0.208. The Morgan fingerprint density at radius 1 is 0.942 bits per heavy atom. The number of hydrogen-bond donors (Lipinski definition) is 3. The third-order valence-corrected chi connectivity index (χ3v) is 17.1. The van der Waals surface area contributed by atoms with Gasteiger partial charge in [0.2, 0.25) is 0 Å². The molecule has 0 amide bonds. The molecule has 7 rings (SSSR count). The number of carbonyl (C=O) groups is 3. The van der Waals surface area contributed by atoms with Crippen LogP contribution < -0.4 is 5.32 Å². The summed E-state index contributed by atoms with van der Waals surface area (Å²) in [5, 5.41) is 25.2. The summed E-state index contributed by atoms with van der Waals surface area (Å²) in [6, 6.07) is 6.45. The van der Waals surface area contributed by atoms with Crippen molar-refractivity contribution in [1.82, 2.24) is 5.32 Å². The van der Waals surface area contributed by atoms with Crippen molar-refractivity contribution in [2.24, 2.45) is 55.7 Å². The molecular weight excluding hydrogens is 657 g/mol. The number of aliphatic hydroxyl groups is 1. The summed E-state index contributed by atoms with van der Waals surface area (Å²) in [5.74, 6) is -0.631. The fraction of sp³-hybridized carbons (Fsp3) is 0.750. The minimum Gasteiger partial charge on any atom is -0.481 e. The van der Waals surface area contributed by atoms with Gasteiger partial charge in [0, 0.05) is 30.3 Å². The van der Waals surface area contributed by atoms with Crippen molar-refractivity contribution in [3.63, 3.8) is 0 Å². The zero-order valence-electron chi connectivity index (χ0n) is 32.8. The molecule has 8 heteroatoms. The highest BCUT2D eigenvalue weighted by Crippen LogP contribution is 2.87. The lowest BCUT2D eigenvalue weighted by atomic mass is 9.33. The van der Waals surface area contributed by atoms with Crippen molar-refractivity contribution in [1.29, 1.82) is 0 Å². The molecule has 1 unspecified atom stereocenters. The van der Waals surface area contributed by atoms with Crippen LogP contribution in [0.1, 0.15) is 132 Å². The summed E-state index contributed by atoms with van der Waals surface area (Å²) in [4.78, 5) is 38.8. The van der Waals surface area contributed by atoms with Crippen LogP contribution >= 0.6 is 0 Å². The number of esters is 1. The van der Waals surface area contributed by atoms with Gasteiger partial charge in [0.25, 0.3) is 0 Å². The third-order valence-electron chi connectivity index (χ3n) is 17.1. The van der Waals surface area contributed by atoms with Gasteiger partial charge in [-0.25, -0.2) is 4.39 Å². The zero-order chi connectivity index (χ0) is 37.9. The number of fused-ring (bicyclic) bond motifs is 6. The van der Waals surface area contributed by atoms with E-state index in [0.29, 0.717) is 25.4 Å².